The summed E-state index contributed by atoms with van der Waals surface area (Å²) in [7, 11) is -3.71. The second-order valence-corrected chi connectivity index (χ2v) is 8.80. The summed E-state index contributed by atoms with van der Waals surface area (Å²) in [4.78, 5) is 13.2. The van der Waals surface area contributed by atoms with Crippen molar-refractivity contribution in [2.24, 2.45) is 5.92 Å². The monoisotopic (exact) mass is 382 g/mol. The van der Waals surface area contributed by atoms with Gasteiger partial charge in [-0.2, -0.15) is 13.4 Å². The molecule has 0 aromatic carbocycles. The zero-order valence-corrected chi connectivity index (χ0v) is 16.3. The van der Waals surface area contributed by atoms with Crippen molar-refractivity contribution < 1.29 is 17.3 Å². The van der Waals surface area contributed by atoms with Crippen molar-refractivity contribution >= 4 is 21.3 Å². The molecule has 0 N–H and O–H groups in total. The first-order chi connectivity index (χ1) is 12.4. The highest BCUT2D eigenvalue weighted by atomic mass is 32.2. The van der Waals surface area contributed by atoms with E-state index in [1.807, 2.05) is 0 Å². The van der Waals surface area contributed by atoms with E-state index >= 15 is 0 Å². The third kappa shape index (κ3) is 4.15. The highest BCUT2D eigenvalue weighted by Gasteiger charge is 2.27. The molecule has 1 fully saturated rings. The Morgan fingerprint density at radius 3 is 2.81 bits per heavy atom. The van der Waals surface area contributed by atoms with Gasteiger partial charge in [-0.1, -0.05) is 13.8 Å². The second-order valence-electron chi connectivity index (χ2n) is 6.94. The maximum atomic E-state index is 12.0. The molecule has 0 saturated carbocycles. The van der Waals surface area contributed by atoms with Gasteiger partial charge < -0.3 is 8.92 Å². The van der Waals surface area contributed by atoms with Gasteiger partial charge in [0.2, 0.25) is 0 Å². The first-order valence-corrected chi connectivity index (χ1v) is 10.7. The van der Waals surface area contributed by atoms with Crippen molar-refractivity contribution in [1.82, 2.24) is 19.5 Å². The molecule has 26 heavy (non-hydrogen) atoms. The number of aromatic nitrogens is 4. The molecule has 1 aliphatic heterocycles. The molecule has 1 saturated heterocycles. The van der Waals surface area contributed by atoms with Crippen LogP contribution in [0.5, 0.6) is 6.01 Å². The third-order valence-electron chi connectivity index (χ3n) is 4.48. The summed E-state index contributed by atoms with van der Waals surface area (Å²) in [5.41, 5.74) is 1.95. The Balaban J connectivity index is 2.08. The lowest BCUT2D eigenvalue weighted by Gasteiger charge is -2.24. The average Bonchev–Trinajstić information content (AvgIpc) is 2.98. The average molecular weight is 382 g/mol. The molecule has 0 aliphatic carbocycles. The zero-order valence-electron chi connectivity index (χ0n) is 15.5. The summed E-state index contributed by atoms with van der Waals surface area (Å²) in [5, 5.41) is 0. The Bertz CT molecular complexity index is 857. The van der Waals surface area contributed by atoms with Crippen LogP contribution >= 0.6 is 0 Å². The van der Waals surface area contributed by atoms with E-state index < -0.39 is 10.1 Å². The van der Waals surface area contributed by atoms with Gasteiger partial charge in [0.1, 0.15) is 18.1 Å². The van der Waals surface area contributed by atoms with Crippen molar-refractivity contribution in [2.75, 3.05) is 12.4 Å². The summed E-state index contributed by atoms with van der Waals surface area (Å²) in [6.45, 7) is 6.45. The van der Waals surface area contributed by atoms with Crippen molar-refractivity contribution in [3.8, 4) is 6.01 Å². The van der Waals surface area contributed by atoms with Gasteiger partial charge in [-0.3, -0.25) is 4.57 Å². The smallest absolute Gasteiger partial charge is 0.317 e. The van der Waals surface area contributed by atoms with Gasteiger partial charge in [0.05, 0.1) is 11.4 Å². The van der Waals surface area contributed by atoms with Crippen LogP contribution in [0.25, 0.3) is 11.2 Å². The predicted octanol–water partition coefficient (Wildman–Crippen LogP) is 2.84. The fourth-order valence-electron chi connectivity index (χ4n) is 2.96. The molecule has 8 nitrogen and oxygen atoms in total. The largest absolute Gasteiger partial charge is 0.358 e. The number of imidazole rings is 1. The molecule has 2 aromatic rings. The third-order valence-corrected chi connectivity index (χ3v) is 5.59. The Morgan fingerprint density at radius 1 is 1.35 bits per heavy atom. The SMILES string of the molecule is CCS(=O)(=O)Oc1nc2c(CCC(C)C)ncnc2n1C1CCCCO1. The summed E-state index contributed by atoms with van der Waals surface area (Å²) in [6, 6.07) is 0.0139. The number of ether oxygens (including phenoxy) is 1. The topological polar surface area (TPSA) is 96.2 Å². The number of nitrogens with zero attached hydrogens (tertiary/aromatic N) is 4. The van der Waals surface area contributed by atoms with E-state index in [0.717, 1.165) is 37.8 Å². The maximum Gasteiger partial charge on any atom is 0.317 e. The molecule has 144 valence electrons. The summed E-state index contributed by atoms with van der Waals surface area (Å²) >= 11 is 0. The maximum absolute atomic E-state index is 12.0. The minimum absolute atomic E-state index is 0.0139. The van der Waals surface area contributed by atoms with Crippen molar-refractivity contribution in [3.63, 3.8) is 0 Å². The molecule has 9 heteroatoms. The van der Waals surface area contributed by atoms with E-state index in [9.17, 15) is 8.42 Å². The van der Waals surface area contributed by atoms with Gasteiger partial charge in [0.25, 0.3) is 0 Å². The van der Waals surface area contributed by atoms with Crippen LogP contribution in [-0.4, -0.2) is 40.3 Å². The van der Waals surface area contributed by atoms with Crippen LogP contribution in [0.1, 0.15) is 58.4 Å². The minimum atomic E-state index is -3.71. The number of hydrogen-bond donors (Lipinski definition) is 0. The molecule has 1 atom stereocenters. The zero-order chi connectivity index (χ0) is 18.7. The lowest BCUT2D eigenvalue weighted by atomic mass is 10.1. The quantitative estimate of drug-likeness (QED) is 0.679. The first kappa shape index (κ1) is 19.0. The number of fused-ring (bicyclic) bond motifs is 1. The van der Waals surface area contributed by atoms with Gasteiger partial charge in [0.15, 0.2) is 5.65 Å². The first-order valence-electron chi connectivity index (χ1n) is 9.17. The Labute approximate surface area is 154 Å². The van der Waals surface area contributed by atoms with E-state index in [1.54, 1.807) is 4.57 Å². The van der Waals surface area contributed by atoms with E-state index in [0.29, 0.717) is 23.7 Å². The fraction of sp³-hybridized carbons (Fsp3) is 0.706. The van der Waals surface area contributed by atoms with Crippen LogP contribution in [0.15, 0.2) is 6.33 Å². The van der Waals surface area contributed by atoms with Crippen LogP contribution in [-0.2, 0) is 21.3 Å². The van der Waals surface area contributed by atoms with Gasteiger partial charge in [-0.25, -0.2) is 9.97 Å². The van der Waals surface area contributed by atoms with E-state index in [2.05, 4.69) is 28.8 Å². The lowest BCUT2D eigenvalue weighted by Crippen LogP contribution is -2.21. The molecule has 3 rings (SSSR count). The number of hydrogen-bond acceptors (Lipinski definition) is 7. The van der Waals surface area contributed by atoms with Crippen molar-refractivity contribution in [1.29, 1.82) is 0 Å². The Morgan fingerprint density at radius 2 is 2.15 bits per heavy atom. The molecule has 0 amide bonds. The predicted molar refractivity (Wildman–Crippen MR) is 97.4 cm³/mol. The second kappa shape index (κ2) is 7.87. The van der Waals surface area contributed by atoms with Crippen LogP contribution in [0.4, 0.5) is 0 Å². The van der Waals surface area contributed by atoms with Gasteiger partial charge in [-0.05, 0) is 44.9 Å². The van der Waals surface area contributed by atoms with Crippen LogP contribution < -0.4 is 4.18 Å². The molecule has 2 aromatic heterocycles. The van der Waals surface area contributed by atoms with E-state index in [1.165, 1.54) is 13.3 Å². The molecule has 0 spiro atoms. The van der Waals surface area contributed by atoms with Crippen LogP contribution in [0, 0.1) is 5.92 Å². The van der Waals surface area contributed by atoms with E-state index in [-0.39, 0.29) is 18.0 Å². The van der Waals surface area contributed by atoms with Crippen LogP contribution in [0.2, 0.25) is 0 Å². The Kier molecular flexibility index (Phi) is 5.76. The summed E-state index contributed by atoms with van der Waals surface area (Å²) < 4.78 is 36.8. The summed E-state index contributed by atoms with van der Waals surface area (Å²) in [5.74, 6) is 0.396. The molecule has 0 bridgehead atoms. The fourth-order valence-corrected chi connectivity index (χ4v) is 3.42. The van der Waals surface area contributed by atoms with Gasteiger partial charge in [-0.15, -0.1) is 0 Å². The molecule has 3 heterocycles. The number of rotatable bonds is 7. The number of aryl methyl sites for hydroxylation is 1. The highest BCUT2D eigenvalue weighted by molar-refractivity contribution is 7.87. The van der Waals surface area contributed by atoms with E-state index in [4.69, 9.17) is 8.92 Å². The summed E-state index contributed by atoms with van der Waals surface area (Å²) in [6.07, 6.45) is 5.62. The van der Waals surface area contributed by atoms with Crippen molar-refractivity contribution in [2.45, 2.75) is 59.1 Å². The van der Waals surface area contributed by atoms with Crippen LogP contribution in [0.3, 0.4) is 0 Å². The molecule has 1 aliphatic rings. The molecular formula is C17H26N4O4S. The minimum Gasteiger partial charge on any atom is -0.358 e. The normalized spacial score (nSPS) is 18.5. The Hall–Kier alpha value is -1.74. The van der Waals surface area contributed by atoms with Gasteiger partial charge in [0, 0.05) is 6.61 Å². The van der Waals surface area contributed by atoms with Gasteiger partial charge >= 0.3 is 16.1 Å². The molecule has 0 radical (unpaired) electrons. The molecular weight excluding hydrogens is 356 g/mol. The molecule has 1 unspecified atom stereocenters. The standard InChI is InChI=1S/C17H26N4O4S/c1-4-26(22,23)25-17-20-15-13(9-8-12(2)3)18-11-19-16(15)21(17)14-7-5-6-10-24-14/h11-12,14H,4-10H2,1-3H3. The lowest BCUT2D eigenvalue weighted by molar-refractivity contribution is -0.0320. The van der Waals surface area contributed by atoms with Crippen molar-refractivity contribution in [3.05, 3.63) is 12.0 Å². The highest BCUT2D eigenvalue weighted by Crippen LogP contribution is 2.32.